The van der Waals surface area contributed by atoms with Gasteiger partial charge in [-0.25, -0.2) is 0 Å². The van der Waals surface area contributed by atoms with Crippen LogP contribution in [0.5, 0.6) is 0 Å². The number of benzene rings is 1. The monoisotopic (exact) mass is 360 g/mol. The number of hydrogen-bond donors (Lipinski definition) is 0. The van der Waals surface area contributed by atoms with E-state index in [0.29, 0.717) is 22.4 Å². The lowest BCUT2D eigenvalue weighted by Gasteiger charge is -2.47. The summed E-state index contributed by atoms with van der Waals surface area (Å²) in [5, 5.41) is 0. The molecule has 0 N–H and O–H groups in total. The van der Waals surface area contributed by atoms with Crippen molar-refractivity contribution in [2.45, 2.75) is 88.9 Å². The molecule has 134 valence electrons. The van der Waals surface area contributed by atoms with Crippen LogP contribution in [0.25, 0.3) is 0 Å². The molecule has 0 amide bonds. The summed E-state index contributed by atoms with van der Waals surface area (Å²) in [5.74, 6) is 0.568. The van der Waals surface area contributed by atoms with Crippen LogP contribution in [0, 0.1) is 0 Å². The molecule has 1 aliphatic rings. The van der Waals surface area contributed by atoms with Crippen LogP contribution in [-0.2, 0) is 4.79 Å². The van der Waals surface area contributed by atoms with Crippen LogP contribution in [0.1, 0.15) is 63.8 Å². The van der Waals surface area contributed by atoms with Gasteiger partial charge in [0, 0.05) is 11.1 Å². The van der Waals surface area contributed by atoms with Gasteiger partial charge in [0.05, 0.1) is 16.1 Å². The van der Waals surface area contributed by atoms with Crippen LogP contribution in [0.15, 0.2) is 24.3 Å². The van der Waals surface area contributed by atoms with Gasteiger partial charge in [-0.3, -0.25) is 4.79 Å². The molecule has 0 saturated carbocycles. The SMILES string of the molecule is CC(C)[Si](C(C)C)(C(C)C)C1C(=O)C([Si](C)(C)C)c2ccccc21. The maximum absolute atomic E-state index is 13.8. The predicted molar refractivity (Wildman–Crippen MR) is 111 cm³/mol. The molecule has 1 nitrogen and oxygen atoms in total. The topological polar surface area (TPSA) is 17.1 Å². The van der Waals surface area contributed by atoms with Gasteiger partial charge in [-0.15, -0.1) is 0 Å². The third-order valence-electron chi connectivity index (χ3n) is 6.55. The van der Waals surface area contributed by atoms with Gasteiger partial charge in [0.15, 0.2) is 0 Å². The molecule has 0 spiro atoms. The van der Waals surface area contributed by atoms with Crippen LogP contribution in [0.3, 0.4) is 0 Å². The van der Waals surface area contributed by atoms with Crippen molar-refractivity contribution in [2.24, 2.45) is 0 Å². The molecule has 24 heavy (non-hydrogen) atoms. The molecule has 1 aromatic carbocycles. The Bertz CT molecular complexity index is 589. The molecule has 0 bridgehead atoms. The molecular weight excluding hydrogens is 324 g/mol. The zero-order valence-corrected chi connectivity index (χ0v) is 19.1. The van der Waals surface area contributed by atoms with Crippen molar-refractivity contribution in [3.63, 3.8) is 0 Å². The molecule has 0 aliphatic heterocycles. The summed E-state index contributed by atoms with van der Waals surface area (Å²) in [6.07, 6.45) is 0. The number of Topliss-reactive ketones (excluding diaryl/α,β-unsaturated/α-hetero) is 1. The van der Waals surface area contributed by atoms with Gasteiger partial charge in [0.2, 0.25) is 0 Å². The lowest BCUT2D eigenvalue weighted by molar-refractivity contribution is -0.118. The summed E-state index contributed by atoms with van der Waals surface area (Å²) in [7, 11) is -3.45. The highest BCUT2D eigenvalue weighted by Crippen LogP contribution is 2.56. The Labute approximate surface area is 151 Å². The molecular formula is C21H36OSi2. The molecule has 2 rings (SSSR count). The van der Waals surface area contributed by atoms with Crippen molar-refractivity contribution in [1.29, 1.82) is 0 Å². The fourth-order valence-corrected chi connectivity index (χ4v) is 15.8. The highest BCUT2D eigenvalue weighted by Gasteiger charge is 2.58. The van der Waals surface area contributed by atoms with Crippen LogP contribution < -0.4 is 0 Å². The van der Waals surface area contributed by atoms with Crippen molar-refractivity contribution in [2.75, 3.05) is 0 Å². The highest BCUT2D eigenvalue weighted by molar-refractivity contribution is 6.89. The molecule has 0 radical (unpaired) electrons. The Kier molecular flexibility index (Phi) is 5.37. The van der Waals surface area contributed by atoms with E-state index < -0.39 is 16.1 Å². The summed E-state index contributed by atoms with van der Waals surface area (Å²) in [6, 6.07) is 8.79. The van der Waals surface area contributed by atoms with E-state index in [1.807, 2.05) is 0 Å². The zero-order chi connectivity index (χ0) is 18.4. The normalized spacial score (nSPS) is 21.9. The number of carbonyl (C=O) groups is 1. The van der Waals surface area contributed by atoms with Crippen molar-refractivity contribution < 1.29 is 4.79 Å². The summed E-state index contributed by atoms with van der Waals surface area (Å²) in [6.45, 7) is 21.4. The first-order chi connectivity index (χ1) is 11.0. The Morgan fingerprint density at radius 2 is 1.12 bits per heavy atom. The maximum atomic E-state index is 13.8. The van der Waals surface area contributed by atoms with Gasteiger partial charge >= 0.3 is 0 Å². The van der Waals surface area contributed by atoms with Crippen LogP contribution in [0.4, 0.5) is 0 Å². The highest BCUT2D eigenvalue weighted by atomic mass is 28.3. The molecule has 0 saturated heterocycles. The third-order valence-corrected chi connectivity index (χ3v) is 16.5. The third kappa shape index (κ3) is 2.78. The molecule has 2 unspecified atom stereocenters. The minimum atomic E-state index is -1.86. The molecule has 2 atom stereocenters. The van der Waals surface area contributed by atoms with Gasteiger partial charge in [-0.1, -0.05) is 85.4 Å². The van der Waals surface area contributed by atoms with Crippen molar-refractivity contribution >= 4 is 21.9 Å². The second-order valence-electron chi connectivity index (χ2n) is 9.73. The van der Waals surface area contributed by atoms with Crippen molar-refractivity contribution in [3.05, 3.63) is 35.4 Å². The van der Waals surface area contributed by atoms with E-state index in [9.17, 15) is 4.79 Å². The van der Waals surface area contributed by atoms with Gasteiger partial charge in [0.25, 0.3) is 0 Å². The minimum Gasteiger partial charge on any atom is -0.299 e. The maximum Gasteiger partial charge on any atom is 0.142 e. The van der Waals surface area contributed by atoms with E-state index in [1.54, 1.807) is 0 Å². The van der Waals surface area contributed by atoms with Crippen molar-refractivity contribution in [3.8, 4) is 0 Å². The second-order valence-corrected chi connectivity index (χ2v) is 21.1. The first kappa shape index (κ1) is 19.6. The van der Waals surface area contributed by atoms with E-state index in [2.05, 4.69) is 85.4 Å². The molecule has 0 fully saturated rings. The zero-order valence-electron chi connectivity index (χ0n) is 17.1. The van der Waals surface area contributed by atoms with E-state index >= 15 is 0 Å². The Balaban J connectivity index is 2.76. The summed E-state index contributed by atoms with van der Waals surface area (Å²) < 4.78 is 0. The first-order valence-corrected chi connectivity index (χ1v) is 15.5. The van der Waals surface area contributed by atoms with E-state index in [4.69, 9.17) is 0 Å². The number of rotatable bonds is 5. The quantitative estimate of drug-likeness (QED) is 0.545. The second kappa shape index (κ2) is 6.56. The fraction of sp³-hybridized carbons (Fsp3) is 0.667. The van der Waals surface area contributed by atoms with Gasteiger partial charge in [-0.05, 0) is 27.8 Å². The van der Waals surface area contributed by atoms with Crippen LogP contribution in [0.2, 0.25) is 36.3 Å². The van der Waals surface area contributed by atoms with E-state index in [0.717, 1.165) is 0 Å². The predicted octanol–water partition coefficient (Wildman–Crippen LogP) is 6.53. The largest absolute Gasteiger partial charge is 0.299 e. The van der Waals surface area contributed by atoms with Crippen LogP contribution >= 0.6 is 0 Å². The fourth-order valence-electron chi connectivity index (χ4n) is 5.92. The number of fused-ring (bicyclic) bond motifs is 1. The number of carbonyl (C=O) groups excluding carboxylic acids is 1. The van der Waals surface area contributed by atoms with E-state index in [1.165, 1.54) is 11.1 Å². The Morgan fingerprint density at radius 3 is 1.46 bits per heavy atom. The average Bonchev–Trinajstić information content (AvgIpc) is 2.71. The first-order valence-electron chi connectivity index (χ1n) is 9.59. The minimum absolute atomic E-state index is 0.182. The molecule has 0 aromatic heterocycles. The number of ketones is 1. The molecule has 1 aromatic rings. The molecule has 0 heterocycles. The van der Waals surface area contributed by atoms with Gasteiger partial charge < -0.3 is 0 Å². The Morgan fingerprint density at radius 1 is 0.750 bits per heavy atom. The van der Waals surface area contributed by atoms with Gasteiger partial charge in [0.1, 0.15) is 5.78 Å². The van der Waals surface area contributed by atoms with Crippen LogP contribution in [-0.4, -0.2) is 21.9 Å². The van der Waals surface area contributed by atoms with Gasteiger partial charge in [-0.2, -0.15) is 0 Å². The molecule has 1 aliphatic carbocycles. The number of hydrogen-bond acceptors (Lipinski definition) is 1. The average molecular weight is 361 g/mol. The summed E-state index contributed by atoms with van der Waals surface area (Å²) >= 11 is 0. The molecule has 3 heteroatoms. The standard InChI is InChI=1S/C21H36OSi2/c1-14(2)24(15(3)4,16(5)6)21-18-13-11-10-12-17(18)20(19(21)22)23(7,8)9/h10-16,20-21H,1-9H3. The smallest absolute Gasteiger partial charge is 0.142 e. The summed E-state index contributed by atoms with van der Waals surface area (Å²) in [4.78, 5) is 13.8. The lowest BCUT2D eigenvalue weighted by Crippen LogP contribution is -2.53. The Hall–Kier alpha value is -0.676. The lowest BCUT2D eigenvalue weighted by atomic mass is 10.1. The van der Waals surface area contributed by atoms with E-state index in [-0.39, 0.29) is 11.1 Å². The van der Waals surface area contributed by atoms with Crippen molar-refractivity contribution in [1.82, 2.24) is 0 Å². The summed E-state index contributed by atoms with van der Waals surface area (Å²) in [5.41, 5.74) is 4.95.